The van der Waals surface area contributed by atoms with Crippen LogP contribution in [0.4, 0.5) is 11.4 Å². The lowest BCUT2D eigenvalue weighted by Gasteiger charge is -2.10. The Balaban J connectivity index is 2.13. The summed E-state index contributed by atoms with van der Waals surface area (Å²) in [5, 5.41) is 24.5. The topological polar surface area (TPSA) is 132 Å². The molecule has 1 aromatic rings. The fourth-order valence-corrected chi connectivity index (χ4v) is 3.90. The van der Waals surface area contributed by atoms with Crippen molar-refractivity contribution in [2.24, 2.45) is 0 Å². The molecule has 1 aliphatic heterocycles. The van der Waals surface area contributed by atoms with E-state index in [0.717, 1.165) is 6.07 Å². The minimum Gasteiger partial charge on any atom is -0.309 e. The van der Waals surface area contributed by atoms with Crippen molar-refractivity contribution in [1.82, 2.24) is 5.32 Å². The van der Waals surface area contributed by atoms with Crippen molar-refractivity contribution in [1.29, 1.82) is 0 Å². The molecule has 9 nitrogen and oxygen atoms in total. The molecule has 0 amide bonds. The molecule has 0 aliphatic carbocycles. The van der Waals surface area contributed by atoms with Crippen LogP contribution in [0.25, 0.3) is 0 Å². The summed E-state index contributed by atoms with van der Waals surface area (Å²) < 4.78 is 22.6. The second-order valence-electron chi connectivity index (χ2n) is 4.81. The Labute approximate surface area is 120 Å². The van der Waals surface area contributed by atoms with Crippen molar-refractivity contribution in [2.45, 2.75) is 19.0 Å². The molecule has 10 heteroatoms. The van der Waals surface area contributed by atoms with Gasteiger partial charge >= 0.3 is 0 Å². The summed E-state index contributed by atoms with van der Waals surface area (Å²) in [4.78, 5) is 20.2. The maximum absolute atomic E-state index is 11.3. The lowest BCUT2D eigenvalue weighted by Crippen LogP contribution is -2.29. The van der Waals surface area contributed by atoms with Crippen LogP contribution in [-0.2, 0) is 16.4 Å². The van der Waals surface area contributed by atoms with Crippen LogP contribution < -0.4 is 5.32 Å². The molecule has 0 radical (unpaired) electrons. The highest BCUT2D eigenvalue weighted by molar-refractivity contribution is 7.91. The zero-order valence-corrected chi connectivity index (χ0v) is 11.7. The number of nitro groups is 2. The van der Waals surface area contributed by atoms with E-state index >= 15 is 0 Å². The summed E-state index contributed by atoms with van der Waals surface area (Å²) in [7, 11) is -3.03. The van der Waals surface area contributed by atoms with E-state index in [9.17, 15) is 28.6 Å². The summed E-state index contributed by atoms with van der Waals surface area (Å²) >= 11 is 0. The molecule has 0 bridgehead atoms. The SMILES string of the molecule is O=[N+]([O-])c1ccc(CNC2CCS(=O)(=O)C2)c([N+](=O)[O-])c1. The molecule has 0 aromatic heterocycles. The van der Waals surface area contributed by atoms with E-state index in [2.05, 4.69) is 5.32 Å². The zero-order valence-electron chi connectivity index (χ0n) is 10.9. The number of rotatable bonds is 5. The van der Waals surface area contributed by atoms with Gasteiger partial charge in [0.15, 0.2) is 9.84 Å². The van der Waals surface area contributed by atoms with E-state index in [1.165, 1.54) is 12.1 Å². The molecule has 1 aliphatic rings. The molecule has 1 N–H and O–H groups in total. The summed E-state index contributed by atoms with van der Waals surface area (Å²) in [6, 6.07) is 3.16. The molecular formula is C11H13N3O6S. The van der Waals surface area contributed by atoms with Gasteiger partial charge in [-0.2, -0.15) is 0 Å². The van der Waals surface area contributed by atoms with E-state index in [1.807, 2.05) is 0 Å². The number of sulfone groups is 1. The van der Waals surface area contributed by atoms with E-state index < -0.39 is 19.7 Å². The fourth-order valence-electron chi connectivity index (χ4n) is 2.20. The largest absolute Gasteiger partial charge is 0.309 e. The van der Waals surface area contributed by atoms with Crippen molar-refractivity contribution in [2.75, 3.05) is 11.5 Å². The quantitative estimate of drug-likeness (QED) is 0.627. The van der Waals surface area contributed by atoms with Gasteiger partial charge in [0.25, 0.3) is 11.4 Å². The van der Waals surface area contributed by atoms with Crippen molar-refractivity contribution in [3.63, 3.8) is 0 Å². The van der Waals surface area contributed by atoms with E-state index in [1.54, 1.807) is 0 Å². The third-order valence-corrected chi connectivity index (χ3v) is 5.06. The summed E-state index contributed by atoms with van der Waals surface area (Å²) in [5.74, 6) is 0.112. The van der Waals surface area contributed by atoms with Gasteiger partial charge in [0.1, 0.15) is 0 Å². The van der Waals surface area contributed by atoms with Gasteiger partial charge in [-0.05, 0) is 12.5 Å². The average Bonchev–Trinajstić information content (AvgIpc) is 2.75. The molecular weight excluding hydrogens is 302 g/mol. The van der Waals surface area contributed by atoms with E-state index in [-0.39, 0.29) is 41.0 Å². The van der Waals surface area contributed by atoms with Crippen LogP contribution in [0.3, 0.4) is 0 Å². The van der Waals surface area contributed by atoms with Crippen molar-refractivity contribution in [3.8, 4) is 0 Å². The first-order chi connectivity index (χ1) is 9.78. The molecule has 0 saturated carbocycles. The van der Waals surface area contributed by atoms with Crippen LogP contribution in [0.5, 0.6) is 0 Å². The Kier molecular flexibility index (Phi) is 4.19. The maximum Gasteiger partial charge on any atom is 0.280 e. The summed E-state index contributed by atoms with van der Waals surface area (Å²) in [6.07, 6.45) is 0.461. The van der Waals surface area contributed by atoms with Gasteiger partial charge in [0.05, 0.1) is 27.4 Å². The molecule has 21 heavy (non-hydrogen) atoms. The number of benzene rings is 1. The Morgan fingerprint density at radius 3 is 2.48 bits per heavy atom. The highest BCUT2D eigenvalue weighted by Crippen LogP contribution is 2.25. The van der Waals surface area contributed by atoms with Crippen LogP contribution in [0.1, 0.15) is 12.0 Å². The third kappa shape index (κ3) is 3.73. The normalized spacial score (nSPS) is 20.3. The van der Waals surface area contributed by atoms with Gasteiger partial charge in [-0.3, -0.25) is 20.2 Å². The lowest BCUT2D eigenvalue weighted by atomic mass is 10.1. The second-order valence-corrected chi connectivity index (χ2v) is 7.04. The van der Waals surface area contributed by atoms with Crippen molar-refractivity contribution >= 4 is 21.2 Å². The standard InChI is InChI=1S/C11H13N3O6S/c15-13(16)10-2-1-8(11(5-10)14(17)18)6-12-9-3-4-21(19,20)7-9/h1-2,5,9,12H,3-4,6-7H2. The first-order valence-corrected chi connectivity index (χ1v) is 7.96. The number of nitrogens with one attached hydrogen (secondary N) is 1. The van der Waals surface area contributed by atoms with Gasteiger partial charge in [-0.25, -0.2) is 8.42 Å². The highest BCUT2D eigenvalue weighted by atomic mass is 32.2. The smallest absolute Gasteiger partial charge is 0.280 e. The van der Waals surface area contributed by atoms with Gasteiger partial charge in [0, 0.05) is 24.2 Å². The summed E-state index contributed by atoms with van der Waals surface area (Å²) in [5.41, 5.74) is -0.415. The molecule has 1 unspecified atom stereocenters. The number of nitrogens with zero attached hydrogens (tertiary/aromatic N) is 2. The minimum absolute atomic E-state index is 0.00772. The average molecular weight is 315 g/mol. The van der Waals surface area contributed by atoms with E-state index in [0.29, 0.717) is 6.42 Å². The van der Waals surface area contributed by atoms with Crippen molar-refractivity contribution < 1.29 is 18.3 Å². The predicted octanol–water partition coefficient (Wildman–Crippen LogP) is 0.780. The molecule has 1 aromatic carbocycles. The van der Waals surface area contributed by atoms with Crippen LogP contribution in [0, 0.1) is 20.2 Å². The number of hydrogen-bond acceptors (Lipinski definition) is 7. The zero-order chi connectivity index (χ0) is 15.6. The number of hydrogen-bond donors (Lipinski definition) is 1. The summed E-state index contributed by atoms with van der Waals surface area (Å²) in [6.45, 7) is 0.0918. The van der Waals surface area contributed by atoms with Crippen LogP contribution in [0.15, 0.2) is 18.2 Å². The third-order valence-electron chi connectivity index (χ3n) is 3.29. The second kappa shape index (κ2) is 5.74. The molecule has 2 rings (SSSR count). The highest BCUT2D eigenvalue weighted by Gasteiger charge is 2.28. The molecule has 1 fully saturated rings. The Hall–Kier alpha value is -2.07. The Morgan fingerprint density at radius 2 is 1.95 bits per heavy atom. The molecule has 1 saturated heterocycles. The van der Waals surface area contributed by atoms with Gasteiger partial charge in [-0.1, -0.05) is 0 Å². The maximum atomic E-state index is 11.3. The van der Waals surface area contributed by atoms with E-state index in [4.69, 9.17) is 0 Å². The van der Waals surface area contributed by atoms with Gasteiger partial charge < -0.3 is 5.32 Å². The van der Waals surface area contributed by atoms with Gasteiger partial charge in [0.2, 0.25) is 0 Å². The first kappa shape index (κ1) is 15.3. The number of non-ortho nitro benzene ring substituents is 1. The Morgan fingerprint density at radius 1 is 1.24 bits per heavy atom. The lowest BCUT2D eigenvalue weighted by molar-refractivity contribution is -0.394. The Bertz CT molecular complexity index is 687. The van der Waals surface area contributed by atoms with Gasteiger partial charge in [-0.15, -0.1) is 0 Å². The molecule has 0 spiro atoms. The molecule has 1 atom stereocenters. The van der Waals surface area contributed by atoms with Crippen molar-refractivity contribution in [3.05, 3.63) is 44.0 Å². The van der Waals surface area contributed by atoms with Crippen LogP contribution in [0.2, 0.25) is 0 Å². The van der Waals surface area contributed by atoms with Crippen LogP contribution >= 0.6 is 0 Å². The first-order valence-electron chi connectivity index (χ1n) is 6.14. The number of nitro benzene ring substituents is 2. The molecule has 114 valence electrons. The molecule has 1 heterocycles. The van der Waals surface area contributed by atoms with Crippen LogP contribution in [-0.4, -0.2) is 35.8 Å². The fraction of sp³-hybridized carbons (Fsp3) is 0.455. The monoisotopic (exact) mass is 315 g/mol. The minimum atomic E-state index is -3.03. The predicted molar refractivity (Wildman–Crippen MR) is 73.6 cm³/mol.